The van der Waals surface area contributed by atoms with Gasteiger partial charge in [0.2, 0.25) is 5.82 Å². The minimum atomic E-state index is -1.01. The molecule has 1 saturated heterocycles. The second-order valence-electron chi connectivity index (χ2n) is 5.15. The second kappa shape index (κ2) is 5.43. The molecule has 110 valence electrons. The molecule has 7 heteroatoms. The zero-order valence-corrected chi connectivity index (χ0v) is 11.6. The van der Waals surface area contributed by atoms with Crippen molar-refractivity contribution in [1.29, 1.82) is 0 Å². The van der Waals surface area contributed by atoms with Gasteiger partial charge < -0.3 is 19.8 Å². The van der Waals surface area contributed by atoms with E-state index in [-0.39, 0.29) is 6.04 Å². The molecular formula is C14H16N4O3. The molecule has 0 saturated carbocycles. The summed E-state index contributed by atoms with van der Waals surface area (Å²) >= 11 is 0. The van der Waals surface area contributed by atoms with Gasteiger partial charge in [0, 0.05) is 18.7 Å². The second-order valence-corrected chi connectivity index (χ2v) is 5.15. The van der Waals surface area contributed by atoms with Crippen LogP contribution < -0.4 is 10.2 Å². The van der Waals surface area contributed by atoms with Gasteiger partial charge in [-0.05, 0) is 13.3 Å². The lowest BCUT2D eigenvalue weighted by Gasteiger charge is -2.12. The summed E-state index contributed by atoms with van der Waals surface area (Å²) in [7, 11) is 0. The van der Waals surface area contributed by atoms with Crippen LogP contribution in [0.2, 0.25) is 0 Å². The number of nitrogens with zero attached hydrogens (tertiary/aromatic N) is 3. The number of nitrogens with one attached hydrogen (secondary N) is 1. The lowest BCUT2D eigenvalue weighted by molar-refractivity contribution is 0.191. The van der Waals surface area contributed by atoms with Gasteiger partial charge in [-0.3, -0.25) is 0 Å². The Labute approximate surface area is 121 Å². The van der Waals surface area contributed by atoms with Crippen molar-refractivity contribution >= 4 is 12.1 Å². The predicted molar refractivity (Wildman–Crippen MR) is 76.2 cm³/mol. The number of amides is 1. The van der Waals surface area contributed by atoms with Crippen LogP contribution in [-0.4, -0.2) is 40.5 Å². The van der Waals surface area contributed by atoms with Crippen LogP contribution >= 0.6 is 0 Å². The number of carboxylic acid groups (broad SMARTS) is 1. The van der Waals surface area contributed by atoms with Crippen LogP contribution in [0.1, 0.15) is 12.0 Å². The topological polar surface area (TPSA) is 91.5 Å². The van der Waals surface area contributed by atoms with Crippen LogP contribution in [0.4, 0.5) is 10.8 Å². The SMILES string of the molecule is Cc1ccc(-c2noc(N3CC[C@H](NC(=O)O)C3)n2)cc1. The first-order chi connectivity index (χ1) is 10.1. The van der Waals surface area contributed by atoms with Crippen LogP contribution in [0.3, 0.4) is 0 Å². The highest BCUT2D eigenvalue weighted by Gasteiger charge is 2.27. The number of hydrogen-bond donors (Lipinski definition) is 2. The molecule has 1 aromatic heterocycles. The minimum absolute atomic E-state index is 0.0998. The van der Waals surface area contributed by atoms with Crippen molar-refractivity contribution in [2.24, 2.45) is 0 Å². The van der Waals surface area contributed by atoms with Crippen molar-refractivity contribution in [1.82, 2.24) is 15.5 Å². The van der Waals surface area contributed by atoms with E-state index in [0.29, 0.717) is 24.9 Å². The maximum atomic E-state index is 10.6. The minimum Gasteiger partial charge on any atom is -0.465 e. The maximum Gasteiger partial charge on any atom is 0.404 e. The third kappa shape index (κ3) is 2.96. The molecule has 0 unspecified atom stereocenters. The molecule has 2 aromatic rings. The van der Waals surface area contributed by atoms with Gasteiger partial charge in [-0.15, -0.1) is 0 Å². The highest BCUT2D eigenvalue weighted by atomic mass is 16.5. The van der Waals surface area contributed by atoms with Crippen LogP contribution in [0.5, 0.6) is 0 Å². The number of benzene rings is 1. The molecule has 1 aromatic carbocycles. The standard InChI is InChI=1S/C14H16N4O3/c1-9-2-4-10(5-3-9)12-16-13(21-17-12)18-7-6-11(8-18)15-14(19)20/h2-5,11,15H,6-8H2,1H3,(H,19,20)/t11-/m0/s1. The molecule has 0 bridgehead atoms. The molecule has 2 heterocycles. The van der Waals surface area contributed by atoms with E-state index in [1.807, 2.05) is 36.1 Å². The van der Waals surface area contributed by atoms with E-state index in [1.165, 1.54) is 5.56 Å². The normalized spacial score (nSPS) is 18.0. The van der Waals surface area contributed by atoms with Gasteiger partial charge in [0.15, 0.2) is 0 Å². The maximum absolute atomic E-state index is 10.6. The molecule has 7 nitrogen and oxygen atoms in total. The highest BCUT2D eigenvalue weighted by molar-refractivity contribution is 5.65. The third-order valence-corrected chi connectivity index (χ3v) is 3.51. The first-order valence-corrected chi connectivity index (χ1v) is 6.77. The van der Waals surface area contributed by atoms with Crippen molar-refractivity contribution in [3.63, 3.8) is 0 Å². The van der Waals surface area contributed by atoms with Crippen LogP contribution in [0.25, 0.3) is 11.4 Å². The summed E-state index contributed by atoms with van der Waals surface area (Å²) in [5.41, 5.74) is 2.07. The molecule has 1 atom stereocenters. The van der Waals surface area contributed by atoms with Crippen molar-refractivity contribution in [3.05, 3.63) is 29.8 Å². The summed E-state index contributed by atoms with van der Waals surface area (Å²) in [6.07, 6.45) is -0.276. The molecule has 1 amide bonds. The van der Waals surface area contributed by atoms with E-state index >= 15 is 0 Å². The van der Waals surface area contributed by atoms with Crippen LogP contribution in [0.15, 0.2) is 28.8 Å². The molecule has 1 fully saturated rings. The smallest absolute Gasteiger partial charge is 0.404 e. The van der Waals surface area contributed by atoms with Gasteiger partial charge in [-0.1, -0.05) is 35.0 Å². The number of aromatic nitrogens is 2. The fraction of sp³-hybridized carbons (Fsp3) is 0.357. The molecule has 0 spiro atoms. The first-order valence-electron chi connectivity index (χ1n) is 6.77. The van der Waals surface area contributed by atoms with Gasteiger partial charge in [0.05, 0.1) is 6.04 Å². The molecule has 1 aliphatic rings. The zero-order valence-electron chi connectivity index (χ0n) is 11.6. The molecule has 3 rings (SSSR count). The lowest BCUT2D eigenvalue weighted by atomic mass is 10.1. The van der Waals surface area contributed by atoms with Crippen LogP contribution in [0, 0.1) is 6.92 Å². The quantitative estimate of drug-likeness (QED) is 0.896. The molecule has 2 N–H and O–H groups in total. The number of carbonyl (C=O) groups is 1. The van der Waals surface area contributed by atoms with E-state index in [0.717, 1.165) is 12.0 Å². The van der Waals surface area contributed by atoms with Gasteiger partial charge in [0.25, 0.3) is 0 Å². The highest BCUT2D eigenvalue weighted by Crippen LogP contribution is 2.23. The van der Waals surface area contributed by atoms with Crippen molar-refractivity contribution in [2.75, 3.05) is 18.0 Å². The average molecular weight is 288 g/mol. The Kier molecular flexibility index (Phi) is 3.47. The Hall–Kier alpha value is -2.57. The monoisotopic (exact) mass is 288 g/mol. The number of rotatable bonds is 3. The third-order valence-electron chi connectivity index (χ3n) is 3.51. The Balaban J connectivity index is 1.71. The van der Waals surface area contributed by atoms with E-state index < -0.39 is 6.09 Å². The Morgan fingerprint density at radius 2 is 2.19 bits per heavy atom. The fourth-order valence-corrected chi connectivity index (χ4v) is 2.39. The van der Waals surface area contributed by atoms with Crippen LogP contribution in [-0.2, 0) is 0 Å². The largest absolute Gasteiger partial charge is 0.465 e. The van der Waals surface area contributed by atoms with E-state index in [9.17, 15) is 4.79 Å². The lowest BCUT2D eigenvalue weighted by Crippen LogP contribution is -2.36. The number of aryl methyl sites for hydroxylation is 1. The Morgan fingerprint density at radius 1 is 1.43 bits per heavy atom. The summed E-state index contributed by atoms with van der Waals surface area (Å²) in [5.74, 6) is 0.541. The van der Waals surface area contributed by atoms with Gasteiger partial charge in [0.1, 0.15) is 0 Å². The van der Waals surface area contributed by atoms with E-state index in [2.05, 4.69) is 15.5 Å². The van der Waals surface area contributed by atoms with Crippen molar-refractivity contribution in [2.45, 2.75) is 19.4 Å². The summed E-state index contributed by atoms with van der Waals surface area (Å²) in [5, 5.41) is 15.2. The zero-order chi connectivity index (χ0) is 14.8. The van der Waals surface area contributed by atoms with Gasteiger partial charge >= 0.3 is 12.1 Å². The molecule has 0 aliphatic carbocycles. The molecule has 21 heavy (non-hydrogen) atoms. The molecule has 1 aliphatic heterocycles. The first kappa shape index (κ1) is 13.4. The summed E-state index contributed by atoms with van der Waals surface area (Å²) in [6.45, 7) is 3.26. The average Bonchev–Trinajstić information content (AvgIpc) is 3.07. The van der Waals surface area contributed by atoms with E-state index in [1.54, 1.807) is 0 Å². The fourth-order valence-electron chi connectivity index (χ4n) is 2.39. The van der Waals surface area contributed by atoms with E-state index in [4.69, 9.17) is 9.63 Å². The Bertz CT molecular complexity index is 638. The van der Waals surface area contributed by atoms with Crippen molar-refractivity contribution in [3.8, 4) is 11.4 Å². The summed E-state index contributed by atoms with van der Waals surface area (Å²) in [6, 6.07) is 8.21. The summed E-state index contributed by atoms with van der Waals surface area (Å²) in [4.78, 5) is 16.9. The molecule has 0 radical (unpaired) electrons. The number of hydrogen-bond acceptors (Lipinski definition) is 5. The number of anilines is 1. The Morgan fingerprint density at radius 3 is 2.90 bits per heavy atom. The van der Waals surface area contributed by atoms with Gasteiger partial charge in [-0.25, -0.2) is 4.79 Å². The van der Waals surface area contributed by atoms with Crippen molar-refractivity contribution < 1.29 is 14.4 Å². The predicted octanol–water partition coefficient (Wildman–Crippen LogP) is 1.89. The van der Waals surface area contributed by atoms with Gasteiger partial charge in [-0.2, -0.15) is 4.98 Å². The molecular weight excluding hydrogens is 272 g/mol. The summed E-state index contributed by atoms with van der Waals surface area (Å²) < 4.78 is 5.28.